The summed E-state index contributed by atoms with van der Waals surface area (Å²) in [6.07, 6.45) is 3.14. The van der Waals surface area contributed by atoms with Gasteiger partial charge in [-0.3, -0.25) is 0 Å². The van der Waals surface area contributed by atoms with Crippen molar-refractivity contribution in [3.63, 3.8) is 0 Å². The van der Waals surface area contributed by atoms with E-state index in [2.05, 4.69) is 34.0 Å². The van der Waals surface area contributed by atoms with Gasteiger partial charge >= 0.3 is 118 Å². The summed E-state index contributed by atoms with van der Waals surface area (Å²) in [6.45, 7) is 4.06. The molecule has 1 aliphatic rings. The van der Waals surface area contributed by atoms with E-state index in [4.69, 9.17) is 4.74 Å². The van der Waals surface area contributed by atoms with E-state index in [0.717, 1.165) is 30.7 Å². The first-order valence-electron chi connectivity index (χ1n) is 6.36. The third kappa shape index (κ3) is 3.47. The summed E-state index contributed by atoms with van der Waals surface area (Å²) >= 11 is 1.58. The van der Waals surface area contributed by atoms with E-state index in [-0.39, 0.29) is 0 Å². The van der Waals surface area contributed by atoms with E-state index >= 15 is 0 Å². The molecule has 1 aromatic rings. The van der Waals surface area contributed by atoms with Gasteiger partial charge in [-0.05, 0) is 0 Å². The van der Waals surface area contributed by atoms with E-state index in [1.165, 1.54) is 12.1 Å². The molecule has 1 saturated heterocycles. The number of hydrogen-bond acceptors (Lipinski definition) is 4. The van der Waals surface area contributed by atoms with E-state index in [9.17, 15) is 0 Å². The van der Waals surface area contributed by atoms with Crippen molar-refractivity contribution in [2.24, 2.45) is 0 Å². The Balaban J connectivity index is 1.92. The van der Waals surface area contributed by atoms with Crippen molar-refractivity contribution in [2.45, 2.75) is 12.5 Å². The van der Waals surface area contributed by atoms with Crippen LogP contribution >= 0.6 is 0 Å². The Kier molecular flexibility index (Phi) is 5.04. The van der Waals surface area contributed by atoms with Crippen molar-refractivity contribution in [1.82, 2.24) is 9.88 Å². The average molecular weight is 311 g/mol. The molecule has 1 unspecified atom stereocenters. The van der Waals surface area contributed by atoms with Crippen molar-refractivity contribution in [1.29, 1.82) is 0 Å². The van der Waals surface area contributed by atoms with Crippen LogP contribution in [0.4, 0.5) is 5.69 Å². The average Bonchev–Trinajstić information content (AvgIpc) is 2.85. The molecule has 0 aromatic carbocycles. The molecule has 2 rings (SSSR count). The van der Waals surface area contributed by atoms with Gasteiger partial charge in [0.15, 0.2) is 0 Å². The SMILES string of the molecule is COCCN(C)[C@@H]1CCN(c2ccnc([AsH2])c2)C1. The van der Waals surface area contributed by atoms with Gasteiger partial charge in [0.25, 0.3) is 0 Å². The molecule has 0 bridgehead atoms. The number of methoxy groups -OCH3 is 1. The van der Waals surface area contributed by atoms with Gasteiger partial charge in [0.05, 0.1) is 0 Å². The third-order valence-corrected chi connectivity index (χ3v) is 4.23. The summed E-state index contributed by atoms with van der Waals surface area (Å²) in [5.41, 5.74) is 1.31. The fourth-order valence-corrected chi connectivity index (χ4v) is 2.93. The second-order valence-corrected chi connectivity index (χ2v) is 6.04. The van der Waals surface area contributed by atoms with Crippen LogP contribution in [0.15, 0.2) is 18.3 Å². The first-order chi connectivity index (χ1) is 8.70. The number of ether oxygens (including phenoxy) is 1. The van der Waals surface area contributed by atoms with Gasteiger partial charge in [-0.15, -0.1) is 0 Å². The summed E-state index contributed by atoms with van der Waals surface area (Å²) < 4.78 is 6.29. The molecule has 100 valence electrons. The minimum absolute atomic E-state index is 0.638. The van der Waals surface area contributed by atoms with Crippen molar-refractivity contribution in [3.05, 3.63) is 18.3 Å². The Morgan fingerprint density at radius 2 is 2.44 bits per heavy atom. The molecule has 5 heteroatoms. The molecular formula is C13H22AsN3O. The number of rotatable bonds is 5. The molecule has 4 nitrogen and oxygen atoms in total. The van der Waals surface area contributed by atoms with E-state index in [0.29, 0.717) is 6.04 Å². The number of likely N-dealkylation sites (N-methyl/N-ethyl adjacent to an activating group) is 1. The summed E-state index contributed by atoms with van der Waals surface area (Å²) in [7, 11) is 3.95. The maximum atomic E-state index is 5.14. The molecule has 0 spiro atoms. The predicted molar refractivity (Wildman–Crippen MR) is 77.5 cm³/mol. The second-order valence-electron chi connectivity index (χ2n) is 4.80. The summed E-state index contributed by atoms with van der Waals surface area (Å²) in [5.74, 6) is 0. The van der Waals surface area contributed by atoms with Gasteiger partial charge in [0, 0.05) is 0 Å². The Labute approximate surface area is 118 Å². The Morgan fingerprint density at radius 1 is 1.61 bits per heavy atom. The van der Waals surface area contributed by atoms with Gasteiger partial charge in [0.2, 0.25) is 0 Å². The first-order valence-corrected chi connectivity index (χ1v) is 7.57. The molecule has 0 saturated carbocycles. The molecule has 0 N–H and O–H groups in total. The van der Waals surface area contributed by atoms with Crippen LogP contribution in [-0.2, 0) is 4.74 Å². The zero-order valence-corrected chi connectivity index (χ0v) is 13.6. The fraction of sp³-hybridized carbons (Fsp3) is 0.615. The molecule has 0 radical (unpaired) electrons. The van der Waals surface area contributed by atoms with E-state index < -0.39 is 0 Å². The van der Waals surface area contributed by atoms with Crippen LogP contribution in [0.2, 0.25) is 0 Å². The van der Waals surface area contributed by atoms with Crippen LogP contribution < -0.4 is 9.38 Å². The summed E-state index contributed by atoms with van der Waals surface area (Å²) in [4.78, 5) is 9.14. The second kappa shape index (κ2) is 6.55. The number of nitrogens with zero attached hydrogens (tertiary/aromatic N) is 3. The van der Waals surface area contributed by atoms with Crippen LogP contribution in [0, 0.1) is 0 Å². The maximum absolute atomic E-state index is 5.14. The first kappa shape index (κ1) is 13.9. The fourth-order valence-electron chi connectivity index (χ4n) is 2.39. The summed E-state index contributed by atoms with van der Waals surface area (Å²) in [6, 6.07) is 4.94. The van der Waals surface area contributed by atoms with Gasteiger partial charge in [-0.2, -0.15) is 0 Å². The normalized spacial score (nSPS) is 19.8. The molecule has 18 heavy (non-hydrogen) atoms. The van der Waals surface area contributed by atoms with Gasteiger partial charge in [-0.1, -0.05) is 0 Å². The van der Waals surface area contributed by atoms with E-state index in [1.807, 2.05) is 6.20 Å². The van der Waals surface area contributed by atoms with E-state index in [1.54, 1.807) is 24.0 Å². The molecule has 1 aliphatic heterocycles. The van der Waals surface area contributed by atoms with Crippen molar-refractivity contribution < 1.29 is 4.74 Å². The van der Waals surface area contributed by atoms with Crippen LogP contribution in [0.3, 0.4) is 0 Å². The Morgan fingerprint density at radius 3 is 3.17 bits per heavy atom. The molecular weight excluding hydrogens is 289 g/mol. The number of aromatic nitrogens is 1. The van der Waals surface area contributed by atoms with Crippen LogP contribution in [0.1, 0.15) is 6.42 Å². The summed E-state index contributed by atoms with van der Waals surface area (Å²) in [5, 5.41) is 0. The standard InChI is InChI=1S/C13H22AsN3O/c1-16(7-8-18-2)12-4-6-17(10-12)11-3-5-15-13(14)9-11/h3,5,9,12H,4,6-8,10,14H2,1-2H3/t12-/m1/s1. The Bertz CT molecular complexity index is 388. The number of pyridine rings is 1. The quantitative estimate of drug-likeness (QED) is 0.686. The monoisotopic (exact) mass is 311 g/mol. The number of hydrogen-bond donors (Lipinski definition) is 0. The zero-order chi connectivity index (χ0) is 13.0. The van der Waals surface area contributed by atoms with Crippen LogP contribution in [0.25, 0.3) is 0 Å². The van der Waals surface area contributed by atoms with Crippen molar-refractivity contribution in [3.8, 4) is 0 Å². The third-order valence-electron chi connectivity index (χ3n) is 3.56. The topological polar surface area (TPSA) is 28.6 Å². The van der Waals surface area contributed by atoms with Crippen LogP contribution in [-0.4, -0.2) is 73.2 Å². The Hall–Kier alpha value is -0.572. The van der Waals surface area contributed by atoms with Gasteiger partial charge < -0.3 is 0 Å². The zero-order valence-electron chi connectivity index (χ0n) is 11.2. The molecule has 2 heterocycles. The molecule has 1 aromatic heterocycles. The van der Waals surface area contributed by atoms with Crippen molar-refractivity contribution >= 4 is 27.0 Å². The predicted octanol–water partition coefficient (Wildman–Crippen LogP) is -0.503. The van der Waals surface area contributed by atoms with Crippen molar-refractivity contribution in [2.75, 3.05) is 45.3 Å². The van der Waals surface area contributed by atoms with Gasteiger partial charge in [0.1, 0.15) is 0 Å². The van der Waals surface area contributed by atoms with Gasteiger partial charge in [-0.25, -0.2) is 0 Å². The molecule has 0 aliphatic carbocycles. The molecule has 2 atom stereocenters. The minimum atomic E-state index is 0.638. The number of anilines is 1. The molecule has 0 amide bonds. The van der Waals surface area contributed by atoms with Crippen LogP contribution in [0.5, 0.6) is 0 Å². The molecule has 1 fully saturated rings.